The molecule has 8 nitrogen and oxygen atoms in total. The lowest BCUT2D eigenvalue weighted by Crippen LogP contribution is -2.49. The van der Waals surface area contributed by atoms with Crippen molar-refractivity contribution in [2.75, 3.05) is 32.5 Å². The van der Waals surface area contributed by atoms with Gasteiger partial charge in [0.05, 0.1) is 17.8 Å². The minimum Gasteiger partial charge on any atom is -0.490 e. The van der Waals surface area contributed by atoms with Gasteiger partial charge in [-0.25, -0.2) is 0 Å². The Kier molecular flexibility index (Phi) is 9.33. The van der Waals surface area contributed by atoms with Crippen LogP contribution in [0.4, 0.5) is 5.69 Å². The Morgan fingerprint density at radius 1 is 1.18 bits per heavy atom. The normalized spacial score (nSPS) is 14.0. The van der Waals surface area contributed by atoms with Crippen LogP contribution in [0, 0.1) is 10.1 Å². The standard InChI is InChI=1S/C25H31N3O5S/c1-3-13-27(21-11-14-26(15-12-21)25(30)20-7-5-4-6-8-20)24(29)18-34-17-19-9-10-23(33-2)22(16-19)28(31)32/h4-10,16,21H,3,11-15,17-18H2,1-2H3. The number of piperidine rings is 1. The zero-order chi connectivity index (χ0) is 24.5. The quantitative estimate of drug-likeness (QED) is 0.366. The van der Waals surface area contributed by atoms with Crippen LogP contribution in [0.5, 0.6) is 5.75 Å². The van der Waals surface area contributed by atoms with Crippen molar-refractivity contribution in [2.24, 2.45) is 0 Å². The highest BCUT2D eigenvalue weighted by molar-refractivity contribution is 7.99. The van der Waals surface area contributed by atoms with Gasteiger partial charge in [0.2, 0.25) is 5.91 Å². The van der Waals surface area contributed by atoms with E-state index in [9.17, 15) is 19.7 Å². The highest BCUT2D eigenvalue weighted by atomic mass is 32.2. The molecule has 0 radical (unpaired) electrons. The fraction of sp³-hybridized carbons (Fsp3) is 0.440. The average molecular weight is 486 g/mol. The molecule has 182 valence electrons. The number of hydrogen-bond acceptors (Lipinski definition) is 6. The van der Waals surface area contributed by atoms with Crippen molar-refractivity contribution >= 4 is 29.3 Å². The molecule has 0 aliphatic carbocycles. The number of nitrogens with zero attached hydrogens (tertiary/aromatic N) is 3. The summed E-state index contributed by atoms with van der Waals surface area (Å²) in [6.07, 6.45) is 2.39. The first-order valence-electron chi connectivity index (χ1n) is 11.5. The first kappa shape index (κ1) is 25.6. The van der Waals surface area contributed by atoms with Crippen molar-refractivity contribution in [3.05, 3.63) is 69.8 Å². The summed E-state index contributed by atoms with van der Waals surface area (Å²) in [6.45, 7) is 4.01. The molecule has 0 bridgehead atoms. The van der Waals surface area contributed by atoms with Crippen molar-refractivity contribution in [1.29, 1.82) is 0 Å². The fourth-order valence-electron chi connectivity index (χ4n) is 4.20. The molecule has 0 atom stereocenters. The number of ether oxygens (including phenoxy) is 1. The summed E-state index contributed by atoms with van der Waals surface area (Å²) in [7, 11) is 1.40. The third kappa shape index (κ3) is 6.50. The number of carbonyl (C=O) groups is 2. The van der Waals surface area contributed by atoms with Crippen molar-refractivity contribution in [3.8, 4) is 5.75 Å². The molecule has 2 aromatic rings. The maximum Gasteiger partial charge on any atom is 0.311 e. The number of benzene rings is 2. The number of thioether (sulfide) groups is 1. The number of nitro benzene ring substituents is 1. The molecule has 34 heavy (non-hydrogen) atoms. The predicted octanol–water partition coefficient (Wildman–Crippen LogP) is 4.38. The molecule has 0 saturated carbocycles. The van der Waals surface area contributed by atoms with Crippen LogP contribution in [-0.2, 0) is 10.5 Å². The van der Waals surface area contributed by atoms with Crippen LogP contribution in [0.1, 0.15) is 42.1 Å². The number of carbonyl (C=O) groups excluding carboxylic acids is 2. The van der Waals surface area contributed by atoms with Gasteiger partial charge in [0.1, 0.15) is 0 Å². The summed E-state index contributed by atoms with van der Waals surface area (Å²) >= 11 is 1.45. The van der Waals surface area contributed by atoms with Gasteiger partial charge in [-0.2, -0.15) is 0 Å². The minimum absolute atomic E-state index is 0.0385. The van der Waals surface area contributed by atoms with Gasteiger partial charge in [0, 0.05) is 43.1 Å². The lowest BCUT2D eigenvalue weighted by Gasteiger charge is -2.38. The van der Waals surface area contributed by atoms with E-state index in [0.717, 1.165) is 24.8 Å². The van der Waals surface area contributed by atoms with Crippen molar-refractivity contribution in [1.82, 2.24) is 9.80 Å². The number of hydrogen-bond donors (Lipinski definition) is 0. The first-order valence-corrected chi connectivity index (χ1v) is 12.6. The van der Waals surface area contributed by atoms with Gasteiger partial charge < -0.3 is 14.5 Å². The highest BCUT2D eigenvalue weighted by Crippen LogP contribution is 2.29. The van der Waals surface area contributed by atoms with Gasteiger partial charge >= 0.3 is 5.69 Å². The summed E-state index contributed by atoms with van der Waals surface area (Å²) in [4.78, 5) is 40.3. The Labute approximate surface area is 204 Å². The van der Waals surface area contributed by atoms with Crippen LogP contribution in [0.3, 0.4) is 0 Å². The summed E-state index contributed by atoms with van der Waals surface area (Å²) in [5, 5.41) is 11.2. The van der Waals surface area contributed by atoms with Gasteiger partial charge in [0.25, 0.3) is 5.91 Å². The van der Waals surface area contributed by atoms with Crippen molar-refractivity contribution in [3.63, 3.8) is 0 Å². The lowest BCUT2D eigenvalue weighted by atomic mass is 10.0. The number of likely N-dealkylation sites (tertiary alicyclic amines) is 1. The van der Waals surface area contributed by atoms with Crippen LogP contribution >= 0.6 is 11.8 Å². The van der Waals surface area contributed by atoms with Crippen LogP contribution in [-0.4, -0.2) is 65.1 Å². The van der Waals surface area contributed by atoms with Gasteiger partial charge in [-0.1, -0.05) is 31.2 Å². The molecule has 3 rings (SSSR count). The van der Waals surface area contributed by atoms with E-state index in [1.165, 1.54) is 24.9 Å². The van der Waals surface area contributed by atoms with Gasteiger partial charge in [-0.15, -0.1) is 11.8 Å². The SMILES string of the molecule is CCCN(C(=O)CSCc1ccc(OC)c([N+](=O)[O-])c1)C1CCN(C(=O)c2ccccc2)CC1. The second-order valence-electron chi connectivity index (χ2n) is 8.23. The molecule has 1 fully saturated rings. The Morgan fingerprint density at radius 3 is 2.50 bits per heavy atom. The molecule has 1 aliphatic rings. The van der Waals surface area contributed by atoms with Crippen molar-refractivity contribution in [2.45, 2.75) is 38.0 Å². The van der Waals surface area contributed by atoms with E-state index in [1.807, 2.05) is 40.1 Å². The molecular weight excluding hydrogens is 454 g/mol. The Morgan fingerprint density at radius 2 is 1.88 bits per heavy atom. The molecule has 0 aromatic heterocycles. The zero-order valence-electron chi connectivity index (χ0n) is 19.6. The molecule has 2 aromatic carbocycles. The molecule has 0 spiro atoms. The maximum absolute atomic E-state index is 13.0. The zero-order valence-corrected chi connectivity index (χ0v) is 20.5. The third-order valence-electron chi connectivity index (χ3n) is 5.93. The summed E-state index contributed by atoms with van der Waals surface area (Å²) in [5.41, 5.74) is 1.40. The summed E-state index contributed by atoms with van der Waals surface area (Å²) in [5.74, 6) is 1.14. The summed E-state index contributed by atoms with van der Waals surface area (Å²) < 4.78 is 5.04. The summed E-state index contributed by atoms with van der Waals surface area (Å²) in [6, 6.07) is 14.3. The number of methoxy groups -OCH3 is 1. The third-order valence-corrected chi connectivity index (χ3v) is 6.92. The van der Waals surface area contributed by atoms with Crippen LogP contribution in [0.15, 0.2) is 48.5 Å². The molecule has 0 N–H and O–H groups in total. The van der Waals surface area contributed by atoms with Crippen LogP contribution in [0.25, 0.3) is 0 Å². The van der Waals surface area contributed by atoms with Crippen molar-refractivity contribution < 1.29 is 19.2 Å². The molecule has 2 amide bonds. The molecule has 0 unspecified atom stereocenters. The van der Waals surface area contributed by atoms with E-state index in [1.54, 1.807) is 12.1 Å². The second kappa shape index (κ2) is 12.4. The predicted molar refractivity (Wildman–Crippen MR) is 133 cm³/mol. The van der Waals surface area contributed by atoms with E-state index in [2.05, 4.69) is 6.92 Å². The largest absolute Gasteiger partial charge is 0.490 e. The molecule has 1 aliphatic heterocycles. The fourth-order valence-corrected chi connectivity index (χ4v) is 5.06. The lowest BCUT2D eigenvalue weighted by molar-refractivity contribution is -0.385. The van der Waals surface area contributed by atoms with E-state index in [-0.39, 0.29) is 29.3 Å². The Balaban J connectivity index is 1.53. The van der Waals surface area contributed by atoms with Gasteiger partial charge in [0.15, 0.2) is 5.75 Å². The number of nitro groups is 1. The molecule has 9 heteroatoms. The first-order chi connectivity index (χ1) is 16.4. The number of amides is 2. The maximum atomic E-state index is 13.0. The van der Waals surface area contributed by atoms with Gasteiger partial charge in [-0.05, 0) is 43.0 Å². The van der Waals surface area contributed by atoms with E-state index in [4.69, 9.17) is 4.74 Å². The van der Waals surface area contributed by atoms with E-state index in [0.29, 0.717) is 36.7 Å². The average Bonchev–Trinajstić information content (AvgIpc) is 2.87. The Hall–Kier alpha value is -3.07. The molecule has 1 heterocycles. The number of rotatable bonds is 10. The highest BCUT2D eigenvalue weighted by Gasteiger charge is 2.29. The van der Waals surface area contributed by atoms with E-state index < -0.39 is 4.92 Å². The topological polar surface area (TPSA) is 93.0 Å². The van der Waals surface area contributed by atoms with E-state index >= 15 is 0 Å². The van der Waals surface area contributed by atoms with Gasteiger partial charge in [-0.3, -0.25) is 19.7 Å². The van der Waals surface area contributed by atoms with Crippen LogP contribution < -0.4 is 4.74 Å². The monoisotopic (exact) mass is 485 g/mol. The minimum atomic E-state index is -0.462. The molecule has 1 saturated heterocycles. The second-order valence-corrected chi connectivity index (χ2v) is 9.22. The smallest absolute Gasteiger partial charge is 0.311 e. The molecular formula is C25H31N3O5S. The van der Waals surface area contributed by atoms with Crippen LogP contribution in [0.2, 0.25) is 0 Å². The Bertz CT molecular complexity index is 993.